The Morgan fingerprint density at radius 3 is 2.66 bits per heavy atom. The quantitative estimate of drug-likeness (QED) is 0.101. The van der Waals surface area contributed by atoms with Crippen LogP contribution in [-0.2, 0) is 23.4 Å². The van der Waals surface area contributed by atoms with E-state index in [-0.39, 0.29) is 10.5 Å². The van der Waals surface area contributed by atoms with Gasteiger partial charge in [-0.05, 0) is 43.7 Å². The molecule has 13 nitrogen and oxygen atoms in total. The number of hydrogen-bond donors (Lipinski definition) is 2. The molecule has 1 aliphatic rings. The van der Waals surface area contributed by atoms with Gasteiger partial charge >= 0.3 is 13.6 Å². The number of aliphatic hydroxyl groups is 1. The third-order valence-corrected chi connectivity index (χ3v) is 7.73. The van der Waals surface area contributed by atoms with Crippen molar-refractivity contribution in [3.8, 4) is 5.75 Å². The van der Waals surface area contributed by atoms with E-state index in [0.717, 1.165) is 16.8 Å². The van der Waals surface area contributed by atoms with E-state index < -0.39 is 68.1 Å². The Balaban J connectivity index is 1.91. The summed E-state index contributed by atoms with van der Waals surface area (Å²) in [6.45, 7) is 3.86. The Labute approximate surface area is 221 Å². The van der Waals surface area contributed by atoms with Gasteiger partial charge in [-0.3, -0.25) is 23.7 Å². The van der Waals surface area contributed by atoms with Gasteiger partial charge < -0.3 is 19.1 Å². The zero-order valence-electron chi connectivity index (χ0n) is 20.7. The van der Waals surface area contributed by atoms with Crippen LogP contribution in [0.25, 0.3) is 10.4 Å². The molecule has 3 rings (SSSR count). The van der Waals surface area contributed by atoms with Crippen molar-refractivity contribution in [3.63, 3.8) is 0 Å². The van der Waals surface area contributed by atoms with Crippen LogP contribution in [0.5, 0.6) is 5.75 Å². The molecule has 2 heterocycles. The molecule has 16 heteroatoms. The van der Waals surface area contributed by atoms with Crippen LogP contribution >= 0.6 is 19.8 Å². The summed E-state index contributed by atoms with van der Waals surface area (Å²) in [5.41, 5.74) is 6.21. The number of ether oxygens (including phenoxy) is 2. The Morgan fingerprint density at radius 1 is 1.37 bits per heavy atom. The fourth-order valence-corrected chi connectivity index (χ4v) is 5.74. The van der Waals surface area contributed by atoms with Gasteiger partial charge in [0.1, 0.15) is 11.9 Å². The molecule has 206 valence electrons. The fraction of sp³-hybridized carbons (Fsp3) is 0.500. The molecule has 0 bridgehead atoms. The van der Waals surface area contributed by atoms with E-state index in [1.165, 1.54) is 19.1 Å². The van der Waals surface area contributed by atoms with Crippen LogP contribution in [-0.4, -0.2) is 57.5 Å². The van der Waals surface area contributed by atoms with Gasteiger partial charge in [-0.1, -0.05) is 30.2 Å². The van der Waals surface area contributed by atoms with Crippen molar-refractivity contribution in [1.29, 1.82) is 0 Å². The summed E-state index contributed by atoms with van der Waals surface area (Å²) >= 11 is 5.04. The lowest BCUT2D eigenvalue weighted by molar-refractivity contribution is -0.151. The van der Waals surface area contributed by atoms with Crippen molar-refractivity contribution < 1.29 is 37.4 Å². The molecule has 1 saturated heterocycles. The minimum Gasteiger partial charge on any atom is -0.463 e. The van der Waals surface area contributed by atoms with Crippen LogP contribution in [0, 0.1) is 10.7 Å². The second-order valence-corrected chi connectivity index (χ2v) is 11.2. The van der Waals surface area contributed by atoms with Gasteiger partial charge in [-0.2, -0.15) is 0 Å². The number of aromatic nitrogens is 2. The normalized spacial score (nSPS) is 25.3. The van der Waals surface area contributed by atoms with Crippen LogP contribution in [0.1, 0.15) is 27.0 Å². The Bertz CT molecular complexity index is 1350. The standard InChI is InChI=1S/C22H27FN5O8PS/c1-13(2)34-20(31)14(3)11-37(32,36-15-7-5-4-6-8-15)33-12-22(26-27-24)18(30)17(23)19(35-22)28-10-9-16(29)25-21(28)38/h4-10,13-14,17-19,30H,11-12H2,1-3H3,(H,25,29,38)/t14-,17?,18-,19-,22-,37?/m1/s1. The van der Waals surface area contributed by atoms with Gasteiger partial charge in [0.05, 0.1) is 24.8 Å². The molecule has 2 N–H and O–H groups in total. The number of aromatic amines is 1. The summed E-state index contributed by atoms with van der Waals surface area (Å²) in [6, 6.07) is 9.00. The highest BCUT2D eigenvalue weighted by Gasteiger charge is 2.57. The number of halogens is 1. The van der Waals surface area contributed by atoms with Crippen LogP contribution < -0.4 is 10.1 Å². The second-order valence-electron chi connectivity index (χ2n) is 8.81. The fourth-order valence-electron chi connectivity index (χ4n) is 3.60. The Kier molecular flexibility index (Phi) is 9.47. The number of alkyl halides is 1. The van der Waals surface area contributed by atoms with Crippen LogP contribution in [0.15, 0.2) is 52.5 Å². The number of H-pyrrole nitrogens is 1. The summed E-state index contributed by atoms with van der Waals surface area (Å²) in [6.07, 6.45) is -5.65. The molecule has 0 aliphatic carbocycles. The highest BCUT2D eigenvalue weighted by Crippen LogP contribution is 2.52. The van der Waals surface area contributed by atoms with Gasteiger partial charge in [0, 0.05) is 17.2 Å². The summed E-state index contributed by atoms with van der Waals surface area (Å²) in [5.74, 6) is -1.46. The molecular weight excluding hydrogens is 544 g/mol. The van der Waals surface area contributed by atoms with E-state index in [4.69, 9.17) is 36.3 Å². The largest absolute Gasteiger partial charge is 0.463 e. The maximum Gasteiger partial charge on any atom is 0.380 e. The molecule has 1 aliphatic heterocycles. The zero-order chi connectivity index (χ0) is 28.1. The Hall–Kier alpha value is -3.06. The number of nitrogens with one attached hydrogen (secondary N) is 1. The molecule has 0 amide bonds. The van der Waals surface area contributed by atoms with E-state index in [9.17, 15) is 19.3 Å². The maximum atomic E-state index is 15.2. The number of aliphatic hydroxyl groups excluding tert-OH is 1. The first-order chi connectivity index (χ1) is 17.9. The number of esters is 1. The first-order valence-electron chi connectivity index (χ1n) is 11.5. The molecular formula is C22H27FN5O8PS. The topological polar surface area (TPSA) is 178 Å². The lowest BCUT2D eigenvalue weighted by atomic mass is 10.1. The molecule has 0 radical (unpaired) electrons. The van der Waals surface area contributed by atoms with Crippen molar-refractivity contribution in [3.05, 3.63) is 68.2 Å². The summed E-state index contributed by atoms with van der Waals surface area (Å²) in [4.78, 5) is 28.8. The number of nitrogens with zero attached hydrogens (tertiary/aromatic N) is 4. The lowest BCUT2D eigenvalue weighted by Gasteiger charge is -2.29. The van der Waals surface area contributed by atoms with E-state index in [1.54, 1.807) is 32.0 Å². The molecule has 38 heavy (non-hydrogen) atoms. The number of carbonyl (C=O) groups excluding carboxylic acids is 1. The zero-order valence-corrected chi connectivity index (χ0v) is 22.4. The minimum absolute atomic E-state index is 0.145. The number of benzene rings is 1. The van der Waals surface area contributed by atoms with Gasteiger partial charge in [-0.25, -0.2) is 8.96 Å². The van der Waals surface area contributed by atoms with Gasteiger partial charge in [-0.15, -0.1) is 0 Å². The first-order valence-corrected chi connectivity index (χ1v) is 13.6. The van der Waals surface area contributed by atoms with E-state index in [1.807, 2.05) is 0 Å². The molecule has 1 fully saturated rings. The molecule has 0 saturated carbocycles. The van der Waals surface area contributed by atoms with Gasteiger partial charge in [0.15, 0.2) is 17.2 Å². The molecule has 2 unspecified atom stereocenters. The number of rotatable bonds is 11. The van der Waals surface area contributed by atoms with Crippen LogP contribution in [0.4, 0.5) is 4.39 Å². The van der Waals surface area contributed by atoms with Crippen molar-refractivity contribution in [2.75, 3.05) is 12.8 Å². The molecule has 1 aromatic heterocycles. The predicted octanol–water partition coefficient (Wildman–Crippen LogP) is 4.02. The predicted molar refractivity (Wildman–Crippen MR) is 135 cm³/mol. The third-order valence-electron chi connectivity index (χ3n) is 5.41. The SMILES string of the molecule is CC(C)OC(=O)[C@H](C)CP(=O)(OC[C@@]1(N=[N+]=[N-])O[C@@H](n2ccc(=O)[nH]c2=S)C(F)[C@H]1O)Oc1ccccc1. The number of azide groups is 1. The summed E-state index contributed by atoms with van der Waals surface area (Å²) in [5, 5.41) is 14.1. The maximum absolute atomic E-state index is 15.2. The minimum atomic E-state index is -4.24. The molecule has 0 spiro atoms. The van der Waals surface area contributed by atoms with Crippen molar-refractivity contribution in [1.82, 2.24) is 9.55 Å². The van der Waals surface area contributed by atoms with Crippen LogP contribution in [0.3, 0.4) is 0 Å². The van der Waals surface area contributed by atoms with Crippen molar-refractivity contribution >= 4 is 25.8 Å². The highest BCUT2D eigenvalue weighted by atomic mass is 32.1. The molecule has 1 aromatic carbocycles. The smallest absolute Gasteiger partial charge is 0.380 e. The monoisotopic (exact) mass is 571 g/mol. The number of hydrogen-bond acceptors (Lipinski definition) is 10. The van der Waals surface area contributed by atoms with Gasteiger partial charge in [0.25, 0.3) is 5.56 Å². The van der Waals surface area contributed by atoms with Crippen LogP contribution in [0.2, 0.25) is 0 Å². The van der Waals surface area contributed by atoms with E-state index in [2.05, 4.69) is 15.0 Å². The van der Waals surface area contributed by atoms with Gasteiger partial charge in [0.2, 0.25) is 5.72 Å². The van der Waals surface area contributed by atoms with Crippen molar-refractivity contribution in [2.45, 2.75) is 51.1 Å². The molecule has 6 atom stereocenters. The summed E-state index contributed by atoms with van der Waals surface area (Å²) in [7, 11) is -4.24. The lowest BCUT2D eigenvalue weighted by Crippen LogP contribution is -2.44. The number of carbonyl (C=O) groups is 1. The van der Waals surface area contributed by atoms with E-state index in [0.29, 0.717) is 0 Å². The molecule has 2 aromatic rings. The number of para-hydroxylation sites is 1. The average molecular weight is 572 g/mol. The third kappa shape index (κ3) is 6.87. The van der Waals surface area contributed by atoms with E-state index >= 15 is 4.39 Å². The van der Waals surface area contributed by atoms with Crippen molar-refractivity contribution in [2.24, 2.45) is 11.0 Å². The first kappa shape index (κ1) is 29.5. The second kappa shape index (κ2) is 12.2. The Morgan fingerprint density at radius 2 is 2.05 bits per heavy atom. The summed E-state index contributed by atoms with van der Waals surface area (Å²) < 4.78 is 51.8. The highest BCUT2D eigenvalue weighted by molar-refractivity contribution is 7.71. The average Bonchev–Trinajstić information content (AvgIpc) is 3.09.